The number of piperazine rings is 1. The maximum Gasteiger partial charge on any atom is 0.415 e. The van der Waals surface area contributed by atoms with E-state index in [0.29, 0.717) is 38.5 Å². The summed E-state index contributed by atoms with van der Waals surface area (Å²) in [4.78, 5) is 38.7. The third-order valence-corrected chi connectivity index (χ3v) is 6.04. The Kier molecular flexibility index (Phi) is 7.03. The molecule has 0 bridgehead atoms. The lowest BCUT2D eigenvalue weighted by Crippen LogP contribution is -2.49. The van der Waals surface area contributed by atoms with Crippen LogP contribution in [0.3, 0.4) is 0 Å². The molecule has 2 N–H and O–H groups in total. The van der Waals surface area contributed by atoms with Crippen molar-refractivity contribution in [1.82, 2.24) is 24.8 Å². The molecule has 1 aliphatic heterocycles. The highest BCUT2D eigenvalue weighted by Gasteiger charge is 2.23. The van der Waals surface area contributed by atoms with Crippen LogP contribution in [0.4, 0.5) is 4.79 Å². The minimum Gasteiger partial charge on any atom is -0.478 e. The summed E-state index contributed by atoms with van der Waals surface area (Å²) in [6.07, 6.45) is 4.53. The number of benzene rings is 1. The molecule has 0 atom stereocenters. The number of nitrogens with one attached hydrogen (secondary N) is 1. The number of carbonyl (C=O) groups is 2. The molecule has 1 fully saturated rings. The van der Waals surface area contributed by atoms with Gasteiger partial charge in [0, 0.05) is 57.1 Å². The van der Waals surface area contributed by atoms with Gasteiger partial charge in [-0.15, -0.1) is 0 Å². The number of aromatic amines is 1. The van der Waals surface area contributed by atoms with Crippen molar-refractivity contribution >= 4 is 23.8 Å². The molecule has 0 radical (unpaired) electrons. The molecule has 4 rings (SSSR count). The topological polar surface area (TPSA) is 112 Å². The molecule has 32 heavy (non-hydrogen) atoms. The molecule has 166 valence electrons. The molecule has 3 heterocycles. The van der Waals surface area contributed by atoms with Gasteiger partial charge in [0.2, 0.25) is 0 Å². The van der Waals surface area contributed by atoms with Gasteiger partial charge >= 0.3 is 12.1 Å². The number of pyridine rings is 1. The number of nitrogens with zero attached hydrogens (tertiary/aromatic N) is 4. The molecule has 1 aliphatic rings. The van der Waals surface area contributed by atoms with Crippen LogP contribution in [-0.4, -0.2) is 68.1 Å². The van der Waals surface area contributed by atoms with Crippen LogP contribution < -0.4 is 4.74 Å². The van der Waals surface area contributed by atoms with E-state index < -0.39 is 5.97 Å². The number of rotatable bonds is 7. The molecule has 1 amide bonds. The molecule has 3 aromatic rings. The van der Waals surface area contributed by atoms with Crippen LogP contribution in [0.1, 0.15) is 21.6 Å². The lowest BCUT2D eigenvalue weighted by molar-refractivity contribution is 0.0696. The van der Waals surface area contributed by atoms with Gasteiger partial charge < -0.3 is 19.7 Å². The van der Waals surface area contributed by atoms with Crippen LogP contribution in [0.2, 0.25) is 0 Å². The Labute approximate surface area is 189 Å². The first kappa shape index (κ1) is 21.8. The van der Waals surface area contributed by atoms with E-state index >= 15 is 0 Å². The standard InChI is InChI=1S/C22H23N5O4S/c28-20(29)17-3-4-18(25-13-17)14-26-9-11-27(12-10-26)22(30)31-19-5-1-16(2-6-19)15-32-21-23-7-8-24-21/h1-8,13H,9-12,14-15H2,(H,23,24)(H,28,29). The molecular weight excluding hydrogens is 430 g/mol. The van der Waals surface area contributed by atoms with Gasteiger partial charge in [0.25, 0.3) is 0 Å². The highest BCUT2D eigenvalue weighted by molar-refractivity contribution is 7.98. The second-order valence-corrected chi connectivity index (χ2v) is 8.27. The number of carboxylic acids is 1. The lowest BCUT2D eigenvalue weighted by atomic mass is 10.2. The van der Waals surface area contributed by atoms with Crippen LogP contribution in [0, 0.1) is 0 Å². The molecule has 0 aliphatic carbocycles. The number of H-pyrrole nitrogens is 1. The minimum atomic E-state index is -0.987. The maximum absolute atomic E-state index is 12.5. The van der Waals surface area contributed by atoms with Crippen LogP contribution in [-0.2, 0) is 12.3 Å². The number of imidazole rings is 1. The predicted octanol–water partition coefficient (Wildman–Crippen LogP) is 3.11. The van der Waals surface area contributed by atoms with Gasteiger partial charge in [-0.3, -0.25) is 9.88 Å². The third-order valence-electron chi connectivity index (χ3n) is 5.06. The molecule has 1 aromatic carbocycles. The van der Waals surface area contributed by atoms with E-state index in [4.69, 9.17) is 9.84 Å². The van der Waals surface area contributed by atoms with Gasteiger partial charge in [-0.25, -0.2) is 14.6 Å². The molecule has 10 heteroatoms. The van der Waals surface area contributed by atoms with Crippen molar-refractivity contribution in [1.29, 1.82) is 0 Å². The van der Waals surface area contributed by atoms with Gasteiger partial charge in [-0.05, 0) is 29.8 Å². The Morgan fingerprint density at radius 2 is 1.84 bits per heavy atom. The quantitative estimate of drug-likeness (QED) is 0.525. The second kappa shape index (κ2) is 10.3. The monoisotopic (exact) mass is 453 g/mol. The number of hydrogen-bond donors (Lipinski definition) is 2. The van der Waals surface area contributed by atoms with Crippen LogP contribution in [0.5, 0.6) is 5.75 Å². The van der Waals surface area contributed by atoms with Crippen molar-refractivity contribution in [3.05, 3.63) is 71.8 Å². The van der Waals surface area contributed by atoms with Crippen molar-refractivity contribution in [2.75, 3.05) is 26.2 Å². The number of thioether (sulfide) groups is 1. The van der Waals surface area contributed by atoms with E-state index in [1.807, 2.05) is 12.1 Å². The number of amides is 1. The molecule has 0 saturated carbocycles. The highest BCUT2D eigenvalue weighted by Crippen LogP contribution is 2.21. The number of aromatic nitrogens is 3. The summed E-state index contributed by atoms with van der Waals surface area (Å²) in [6, 6.07) is 10.8. The summed E-state index contributed by atoms with van der Waals surface area (Å²) in [5, 5.41) is 9.82. The van der Waals surface area contributed by atoms with E-state index in [9.17, 15) is 9.59 Å². The number of ether oxygens (including phenoxy) is 1. The first-order chi connectivity index (χ1) is 15.6. The number of aromatic carboxylic acids is 1. The first-order valence-corrected chi connectivity index (χ1v) is 11.1. The van der Waals surface area contributed by atoms with Gasteiger partial charge in [0.05, 0.1) is 11.3 Å². The number of carboxylic acid groups (broad SMARTS) is 1. The van der Waals surface area contributed by atoms with Crippen molar-refractivity contribution in [3.8, 4) is 5.75 Å². The molecule has 9 nitrogen and oxygen atoms in total. The summed E-state index contributed by atoms with van der Waals surface area (Å²) in [6.45, 7) is 3.12. The van der Waals surface area contributed by atoms with Crippen molar-refractivity contribution < 1.29 is 19.4 Å². The Morgan fingerprint density at radius 3 is 2.47 bits per heavy atom. The molecule has 2 aromatic heterocycles. The maximum atomic E-state index is 12.5. The largest absolute Gasteiger partial charge is 0.478 e. The Balaban J connectivity index is 1.21. The van der Waals surface area contributed by atoms with Crippen molar-refractivity contribution in [2.24, 2.45) is 0 Å². The van der Waals surface area contributed by atoms with Crippen molar-refractivity contribution in [3.63, 3.8) is 0 Å². The van der Waals surface area contributed by atoms with Crippen LogP contribution in [0.15, 0.2) is 60.1 Å². The lowest BCUT2D eigenvalue weighted by Gasteiger charge is -2.33. The molecule has 0 unspecified atom stereocenters. The van der Waals surface area contributed by atoms with E-state index in [1.54, 1.807) is 53.3 Å². The van der Waals surface area contributed by atoms with Gasteiger partial charge in [-0.2, -0.15) is 0 Å². The number of carbonyl (C=O) groups excluding carboxylic acids is 1. The fourth-order valence-corrected chi connectivity index (χ4v) is 4.05. The average Bonchev–Trinajstić information content (AvgIpc) is 3.33. The summed E-state index contributed by atoms with van der Waals surface area (Å²) in [5.41, 5.74) is 2.09. The normalized spacial score (nSPS) is 14.3. The van der Waals surface area contributed by atoms with Crippen LogP contribution in [0.25, 0.3) is 0 Å². The smallest absolute Gasteiger partial charge is 0.415 e. The van der Waals surface area contributed by atoms with Gasteiger partial charge in [0.15, 0.2) is 5.16 Å². The first-order valence-electron chi connectivity index (χ1n) is 10.2. The minimum absolute atomic E-state index is 0.172. The second-order valence-electron chi connectivity index (χ2n) is 7.30. The molecular formula is C22H23N5O4S. The SMILES string of the molecule is O=C(O)c1ccc(CN2CCN(C(=O)Oc3ccc(CSc4ncc[nH]4)cc3)CC2)nc1. The van der Waals surface area contributed by atoms with E-state index in [2.05, 4.69) is 19.9 Å². The number of hydrogen-bond acceptors (Lipinski definition) is 7. The van der Waals surface area contributed by atoms with E-state index in [1.165, 1.54) is 6.20 Å². The summed E-state index contributed by atoms with van der Waals surface area (Å²) < 4.78 is 5.52. The average molecular weight is 454 g/mol. The Hall–Kier alpha value is -3.37. The van der Waals surface area contributed by atoms with Crippen LogP contribution >= 0.6 is 11.8 Å². The van der Waals surface area contributed by atoms with E-state index in [-0.39, 0.29) is 11.7 Å². The summed E-state index contributed by atoms with van der Waals surface area (Å²) in [7, 11) is 0. The van der Waals surface area contributed by atoms with E-state index in [0.717, 1.165) is 22.2 Å². The van der Waals surface area contributed by atoms with Gasteiger partial charge in [-0.1, -0.05) is 23.9 Å². The predicted molar refractivity (Wildman–Crippen MR) is 119 cm³/mol. The fraction of sp³-hybridized carbons (Fsp3) is 0.273. The summed E-state index contributed by atoms with van der Waals surface area (Å²) in [5.74, 6) is 0.308. The Morgan fingerprint density at radius 1 is 1.06 bits per heavy atom. The zero-order chi connectivity index (χ0) is 22.3. The zero-order valence-corrected chi connectivity index (χ0v) is 18.1. The van der Waals surface area contributed by atoms with Crippen molar-refractivity contribution in [2.45, 2.75) is 17.5 Å². The summed E-state index contributed by atoms with van der Waals surface area (Å²) >= 11 is 1.61. The zero-order valence-electron chi connectivity index (χ0n) is 17.3. The highest BCUT2D eigenvalue weighted by atomic mass is 32.2. The third kappa shape index (κ3) is 5.86. The Bertz CT molecular complexity index is 1030. The fourth-order valence-electron chi connectivity index (χ4n) is 3.26. The molecule has 1 saturated heterocycles. The molecule has 0 spiro atoms. The van der Waals surface area contributed by atoms with Gasteiger partial charge in [0.1, 0.15) is 5.75 Å².